The molecule has 0 saturated heterocycles. The lowest BCUT2D eigenvalue weighted by Gasteiger charge is -2.34. The predicted octanol–water partition coefficient (Wildman–Crippen LogP) is 3.39. The lowest BCUT2D eigenvalue weighted by molar-refractivity contribution is 0.278. The van der Waals surface area contributed by atoms with Crippen molar-refractivity contribution in [3.8, 4) is 11.4 Å². The number of benzene rings is 1. The number of halogens is 2. The van der Waals surface area contributed by atoms with E-state index in [0.29, 0.717) is 11.4 Å². The zero-order valence-corrected chi connectivity index (χ0v) is 12.0. The molecule has 0 bridgehead atoms. The van der Waals surface area contributed by atoms with Gasteiger partial charge in [0.1, 0.15) is 0 Å². The van der Waals surface area contributed by atoms with E-state index in [9.17, 15) is 8.78 Å². The topological polar surface area (TPSA) is 51.8 Å². The third kappa shape index (κ3) is 2.65. The van der Waals surface area contributed by atoms with E-state index in [4.69, 9.17) is 5.73 Å². The molecule has 1 aliphatic rings. The van der Waals surface area contributed by atoms with Gasteiger partial charge in [-0.2, -0.15) is 0 Å². The molecule has 1 heterocycles. The van der Waals surface area contributed by atoms with Crippen molar-refractivity contribution in [1.29, 1.82) is 0 Å². The Hall–Kier alpha value is -1.88. The minimum absolute atomic E-state index is 0.0755. The summed E-state index contributed by atoms with van der Waals surface area (Å²) in [7, 11) is 0. The van der Waals surface area contributed by atoms with Gasteiger partial charge < -0.3 is 5.73 Å². The van der Waals surface area contributed by atoms with E-state index in [2.05, 4.69) is 23.8 Å². The predicted molar refractivity (Wildman–Crippen MR) is 76.4 cm³/mol. The van der Waals surface area contributed by atoms with Crippen molar-refractivity contribution < 1.29 is 8.78 Å². The second kappa shape index (κ2) is 4.84. The highest BCUT2D eigenvalue weighted by atomic mass is 19.2. The van der Waals surface area contributed by atoms with Gasteiger partial charge in [-0.25, -0.2) is 18.7 Å². The Kier molecular flexibility index (Phi) is 3.24. The van der Waals surface area contributed by atoms with Crippen LogP contribution in [0, 0.1) is 17.0 Å². The zero-order chi connectivity index (χ0) is 15.2. The molecule has 1 aromatic heterocycles. The van der Waals surface area contributed by atoms with E-state index in [0.717, 1.165) is 36.2 Å². The number of fused-ring (bicyclic) bond motifs is 1. The maximum atomic E-state index is 13.3. The normalized spacial score (nSPS) is 20.1. The molecule has 1 aromatic carbocycles. The molecule has 0 aliphatic heterocycles. The van der Waals surface area contributed by atoms with E-state index in [-0.39, 0.29) is 11.5 Å². The number of rotatable bonds is 1. The summed E-state index contributed by atoms with van der Waals surface area (Å²) in [6, 6.07) is 3.60. The third-order valence-corrected chi connectivity index (χ3v) is 3.90. The van der Waals surface area contributed by atoms with Gasteiger partial charge in [-0.1, -0.05) is 13.8 Å². The maximum absolute atomic E-state index is 13.3. The Morgan fingerprint density at radius 3 is 2.71 bits per heavy atom. The Balaban J connectivity index is 2.05. The van der Waals surface area contributed by atoms with Gasteiger partial charge in [-0.05, 0) is 36.5 Å². The van der Waals surface area contributed by atoms with Gasteiger partial charge in [0, 0.05) is 29.1 Å². The first-order valence-corrected chi connectivity index (χ1v) is 6.92. The number of nitrogens with two attached hydrogens (primary N) is 1. The highest BCUT2D eigenvalue weighted by Gasteiger charge is 2.31. The molecule has 21 heavy (non-hydrogen) atoms. The molecule has 0 fully saturated rings. The number of hydrogen-bond acceptors (Lipinski definition) is 3. The van der Waals surface area contributed by atoms with Gasteiger partial charge in [0.05, 0.1) is 0 Å². The van der Waals surface area contributed by atoms with Crippen LogP contribution in [0.2, 0.25) is 0 Å². The van der Waals surface area contributed by atoms with Crippen molar-refractivity contribution in [3.63, 3.8) is 0 Å². The molecule has 1 unspecified atom stereocenters. The minimum Gasteiger partial charge on any atom is -0.324 e. The third-order valence-electron chi connectivity index (χ3n) is 3.90. The number of hydrogen-bond donors (Lipinski definition) is 1. The molecule has 0 spiro atoms. The fraction of sp³-hybridized carbons (Fsp3) is 0.375. The van der Waals surface area contributed by atoms with E-state index in [1.165, 1.54) is 6.07 Å². The van der Waals surface area contributed by atoms with Crippen LogP contribution in [-0.4, -0.2) is 9.97 Å². The average Bonchev–Trinajstić information content (AvgIpc) is 2.40. The molecular formula is C16H17F2N3. The van der Waals surface area contributed by atoms with Gasteiger partial charge in [0.25, 0.3) is 0 Å². The first kappa shape index (κ1) is 14.1. The summed E-state index contributed by atoms with van der Waals surface area (Å²) in [6.45, 7) is 4.30. The van der Waals surface area contributed by atoms with Crippen LogP contribution in [0.25, 0.3) is 11.4 Å². The Morgan fingerprint density at radius 1 is 1.24 bits per heavy atom. The fourth-order valence-electron chi connectivity index (χ4n) is 2.88. The molecule has 5 heteroatoms. The smallest absolute Gasteiger partial charge is 0.159 e. The Labute approximate surface area is 122 Å². The molecule has 3 nitrogen and oxygen atoms in total. The van der Waals surface area contributed by atoms with E-state index in [1.807, 2.05) is 0 Å². The van der Waals surface area contributed by atoms with Crippen molar-refractivity contribution >= 4 is 0 Å². The molecule has 2 N–H and O–H groups in total. The van der Waals surface area contributed by atoms with Crippen molar-refractivity contribution in [2.75, 3.05) is 0 Å². The van der Waals surface area contributed by atoms with Gasteiger partial charge in [-0.3, -0.25) is 0 Å². The van der Waals surface area contributed by atoms with Crippen LogP contribution in [0.15, 0.2) is 24.4 Å². The second-order valence-corrected chi connectivity index (χ2v) is 6.38. The maximum Gasteiger partial charge on any atom is 0.159 e. The molecule has 0 radical (unpaired) electrons. The Bertz CT molecular complexity index is 698. The number of nitrogens with zero attached hydrogens (tertiary/aromatic N) is 2. The molecule has 1 atom stereocenters. The summed E-state index contributed by atoms with van der Waals surface area (Å²) in [6.07, 6.45) is 3.39. The first-order valence-electron chi connectivity index (χ1n) is 6.92. The van der Waals surface area contributed by atoms with Crippen molar-refractivity contribution in [2.45, 2.75) is 32.7 Å². The standard InChI is InChI=1S/C16H17F2N3/c1-16(2)6-13(19)10-8-20-15(21-14(10)7-16)9-3-4-11(17)12(18)5-9/h3-5,8,13H,6-7,19H2,1-2H3. The van der Waals surface area contributed by atoms with Crippen LogP contribution in [0.1, 0.15) is 37.6 Å². The second-order valence-electron chi connectivity index (χ2n) is 6.38. The molecule has 110 valence electrons. The lowest BCUT2D eigenvalue weighted by atomic mass is 9.74. The molecule has 3 rings (SSSR count). The molecule has 0 saturated carbocycles. The summed E-state index contributed by atoms with van der Waals surface area (Å²) in [5.74, 6) is -1.37. The highest BCUT2D eigenvalue weighted by Crippen LogP contribution is 2.38. The first-order chi connectivity index (χ1) is 9.85. The van der Waals surface area contributed by atoms with Crippen LogP contribution in [0.4, 0.5) is 8.78 Å². The van der Waals surface area contributed by atoms with Gasteiger partial charge in [0.15, 0.2) is 17.5 Å². The van der Waals surface area contributed by atoms with Crippen molar-refractivity contribution in [3.05, 3.63) is 47.3 Å². The van der Waals surface area contributed by atoms with Gasteiger partial charge in [0.2, 0.25) is 0 Å². The van der Waals surface area contributed by atoms with Crippen molar-refractivity contribution in [1.82, 2.24) is 9.97 Å². The van der Waals surface area contributed by atoms with Crippen LogP contribution in [0.3, 0.4) is 0 Å². The van der Waals surface area contributed by atoms with Gasteiger partial charge >= 0.3 is 0 Å². The summed E-state index contributed by atoms with van der Waals surface area (Å²) in [5, 5.41) is 0. The average molecular weight is 289 g/mol. The molecule has 0 amide bonds. The summed E-state index contributed by atoms with van der Waals surface area (Å²) >= 11 is 0. The largest absolute Gasteiger partial charge is 0.324 e. The lowest BCUT2D eigenvalue weighted by Crippen LogP contribution is -2.30. The van der Waals surface area contributed by atoms with Crippen molar-refractivity contribution in [2.24, 2.45) is 11.1 Å². The monoisotopic (exact) mass is 289 g/mol. The van der Waals surface area contributed by atoms with Gasteiger partial charge in [-0.15, -0.1) is 0 Å². The molecular weight excluding hydrogens is 272 g/mol. The van der Waals surface area contributed by atoms with E-state index < -0.39 is 11.6 Å². The SMILES string of the molecule is CC1(C)Cc2nc(-c3ccc(F)c(F)c3)ncc2C(N)C1. The van der Waals surface area contributed by atoms with Crippen LogP contribution in [0.5, 0.6) is 0 Å². The van der Waals surface area contributed by atoms with E-state index in [1.54, 1.807) is 6.20 Å². The summed E-state index contributed by atoms with van der Waals surface area (Å²) in [5.41, 5.74) is 8.55. The number of aromatic nitrogens is 2. The van der Waals surface area contributed by atoms with Crippen LogP contribution < -0.4 is 5.73 Å². The zero-order valence-electron chi connectivity index (χ0n) is 12.0. The van der Waals surface area contributed by atoms with Crippen LogP contribution >= 0.6 is 0 Å². The van der Waals surface area contributed by atoms with Crippen LogP contribution in [-0.2, 0) is 6.42 Å². The van der Waals surface area contributed by atoms with E-state index >= 15 is 0 Å². The summed E-state index contributed by atoms with van der Waals surface area (Å²) < 4.78 is 26.3. The quantitative estimate of drug-likeness (QED) is 0.875. The molecule has 2 aromatic rings. The minimum atomic E-state index is -0.897. The highest BCUT2D eigenvalue weighted by molar-refractivity contribution is 5.55. The fourth-order valence-corrected chi connectivity index (χ4v) is 2.88. The summed E-state index contributed by atoms with van der Waals surface area (Å²) in [4.78, 5) is 8.77. The Morgan fingerprint density at radius 2 is 2.00 bits per heavy atom. The molecule has 1 aliphatic carbocycles.